The van der Waals surface area contributed by atoms with Crippen LogP contribution < -0.4 is 20.7 Å². The fourth-order valence-corrected chi connectivity index (χ4v) is 12.8. The minimum atomic E-state index is -1.64. The summed E-state index contributed by atoms with van der Waals surface area (Å²) in [6, 6.07) is 0.843. The Morgan fingerprint density at radius 3 is 2.21 bits per heavy atom. The summed E-state index contributed by atoms with van der Waals surface area (Å²) in [6.07, 6.45) is 1.52. The van der Waals surface area contributed by atoms with E-state index in [-0.39, 0.29) is 65.6 Å². The summed E-state index contributed by atoms with van der Waals surface area (Å²) >= 11 is 2.41. The van der Waals surface area contributed by atoms with Gasteiger partial charge in [0.2, 0.25) is 5.91 Å². The maximum atomic E-state index is 15.3. The molecule has 412 valence electrons. The number of anilines is 1. The summed E-state index contributed by atoms with van der Waals surface area (Å²) in [5.74, 6) is -3.63. The lowest BCUT2D eigenvalue weighted by molar-refractivity contribution is -0.895. The predicted molar refractivity (Wildman–Crippen MR) is 282 cm³/mol. The van der Waals surface area contributed by atoms with Crippen LogP contribution in [0.1, 0.15) is 143 Å². The monoisotopic (exact) mass is 1080 g/mol. The number of nitrogens with zero attached hydrogens (tertiary/aromatic N) is 4. The summed E-state index contributed by atoms with van der Waals surface area (Å²) < 4.78 is 38.0. The van der Waals surface area contributed by atoms with Crippen molar-refractivity contribution in [1.82, 2.24) is 25.4 Å². The van der Waals surface area contributed by atoms with Crippen molar-refractivity contribution in [3.63, 3.8) is 0 Å². The van der Waals surface area contributed by atoms with Gasteiger partial charge in [0.25, 0.3) is 0 Å². The van der Waals surface area contributed by atoms with Crippen LogP contribution in [0.3, 0.4) is 0 Å². The van der Waals surface area contributed by atoms with E-state index in [0.29, 0.717) is 28.6 Å². The van der Waals surface area contributed by atoms with Gasteiger partial charge in [-0.1, -0.05) is 19.9 Å². The van der Waals surface area contributed by atoms with E-state index >= 15 is 4.79 Å². The van der Waals surface area contributed by atoms with Gasteiger partial charge in [-0.25, -0.2) is 24.2 Å². The summed E-state index contributed by atoms with van der Waals surface area (Å²) in [5.41, 5.74) is -3.31. The Kier molecular flexibility index (Phi) is 16.8. The Hall–Kier alpha value is -4.97. The Labute approximate surface area is 449 Å². The number of likely N-dealkylation sites (N-methyl/N-ethyl adjacent to an activating group) is 1. The number of hydrogen-bond acceptors (Lipinski definition) is 16. The molecule has 6 amide bonds. The molecule has 1 aromatic heterocycles. The van der Waals surface area contributed by atoms with E-state index in [1.807, 2.05) is 6.92 Å². The van der Waals surface area contributed by atoms with Gasteiger partial charge in [-0.2, -0.15) is 0 Å². The van der Waals surface area contributed by atoms with Gasteiger partial charge in [0, 0.05) is 48.5 Å². The van der Waals surface area contributed by atoms with Gasteiger partial charge >= 0.3 is 43.2 Å². The third kappa shape index (κ3) is 13.4. The van der Waals surface area contributed by atoms with Gasteiger partial charge in [0.15, 0.2) is 16.9 Å². The van der Waals surface area contributed by atoms with E-state index in [1.54, 1.807) is 81.4 Å². The highest BCUT2D eigenvalue weighted by atomic mass is 32.2. The van der Waals surface area contributed by atoms with Gasteiger partial charge in [-0.05, 0) is 124 Å². The summed E-state index contributed by atoms with van der Waals surface area (Å²) in [4.78, 5) is 104. The third-order valence-electron chi connectivity index (χ3n) is 14.9. The molecule has 2 aromatic rings. The number of piperazine rings is 1. The molecule has 2 bridgehead atoms. The summed E-state index contributed by atoms with van der Waals surface area (Å²) in [7, 11) is 1.10. The normalized spacial score (nSPS) is 23.9. The van der Waals surface area contributed by atoms with Crippen LogP contribution in [0, 0.1) is 17.3 Å². The number of aromatic nitrogens is 1. The van der Waals surface area contributed by atoms with Crippen LogP contribution in [-0.4, -0.2) is 155 Å². The number of thioether (sulfide) groups is 1. The lowest BCUT2D eigenvalue weighted by Gasteiger charge is -2.64. The largest absolute Gasteiger partial charge is 0.514 e. The van der Waals surface area contributed by atoms with Gasteiger partial charge in [-0.3, -0.25) is 24.6 Å². The van der Waals surface area contributed by atoms with Crippen molar-refractivity contribution in [3.05, 3.63) is 34.3 Å². The molecule has 3 saturated carbocycles. The van der Waals surface area contributed by atoms with Crippen molar-refractivity contribution >= 4 is 77.3 Å². The number of esters is 1. The highest BCUT2D eigenvalue weighted by Crippen LogP contribution is 2.66. The summed E-state index contributed by atoms with van der Waals surface area (Å²) in [6.45, 7) is 26.7. The standard InChI is InChI=1S/C52H76BN7O13S2/c1-15-58-20-21-59(42(63)41(58)62)45(65)56-38(32-29-75-44(54-32)57-46(66)70-49(5,6)7)40(61)55-36(53-72-35-28-31-27-34(51(31,11)12)52(35,13)73-53)26-30-18-19-33(74-25-24-60(14)22-16-17-23-60)37(43(64)69-48(2,3)4)39(30)68-47(67)71-50(8,9)10/h18-19,29,31,34-36,38H,15-17,20-28H2,1-14H3,(H2-,54,55,56,57,61,65,66)/p+1/t31-,34-,35+,36-,38?,52-/m0/s1. The zero-order valence-corrected chi connectivity index (χ0v) is 47.7. The number of likely N-dealkylation sites (tertiary alicyclic amines) is 1. The molecule has 3 N–H and O–H groups in total. The first-order valence-corrected chi connectivity index (χ1v) is 27.9. The molecule has 75 heavy (non-hydrogen) atoms. The average molecular weight is 1080 g/mol. The van der Waals surface area contributed by atoms with E-state index in [9.17, 15) is 28.8 Å². The van der Waals surface area contributed by atoms with E-state index < -0.39 is 83.5 Å². The molecular weight excluding hydrogens is 1010 g/mol. The van der Waals surface area contributed by atoms with E-state index in [2.05, 4.69) is 41.8 Å². The molecule has 3 aliphatic carbocycles. The second-order valence-corrected chi connectivity index (χ2v) is 26.4. The van der Waals surface area contributed by atoms with Crippen molar-refractivity contribution in [3.8, 4) is 5.75 Å². The zero-order chi connectivity index (χ0) is 55.2. The van der Waals surface area contributed by atoms with Crippen molar-refractivity contribution < 1.29 is 66.3 Å². The lowest BCUT2D eigenvalue weighted by atomic mass is 9.43. The Bertz CT molecular complexity index is 2530. The number of nitrogens with one attached hydrogen (secondary N) is 3. The van der Waals surface area contributed by atoms with Crippen LogP contribution in [0.15, 0.2) is 22.4 Å². The molecule has 6 atom stereocenters. The molecule has 3 aliphatic heterocycles. The summed E-state index contributed by atoms with van der Waals surface area (Å²) in [5, 5.41) is 9.79. The molecule has 4 heterocycles. The van der Waals surface area contributed by atoms with Crippen molar-refractivity contribution in [2.45, 2.75) is 167 Å². The van der Waals surface area contributed by atoms with Gasteiger partial charge in [0.05, 0.1) is 50.0 Å². The number of rotatable bonds is 15. The first kappa shape index (κ1) is 57.7. The SMILES string of the molecule is CCN1CCN(C(=O)NC(C(=O)N[C@@H](Cc2ccc(SCC[N+]3(C)CCCC3)c(C(=O)OC(C)(C)C)c2OC(=O)OC(C)(C)C)B2O[C@@H]3C[C@@H]4C[C@@H](C4(C)C)[C@]3(C)O2)c2csc(NC(=O)OC(C)(C)C)n2)C(=O)C1=O. The minimum Gasteiger partial charge on any atom is -0.456 e. The van der Waals surface area contributed by atoms with E-state index in [4.69, 9.17) is 28.3 Å². The second kappa shape index (κ2) is 21.8. The Balaban J connectivity index is 1.30. The predicted octanol–water partition coefficient (Wildman–Crippen LogP) is 7.53. The first-order valence-electron chi connectivity index (χ1n) is 26.1. The van der Waals surface area contributed by atoms with Crippen LogP contribution >= 0.6 is 23.1 Å². The molecule has 8 rings (SSSR count). The van der Waals surface area contributed by atoms with Crippen molar-refractivity contribution in [2.24, 2.45) is 17.3 Å². The number of carbonyl (C=O) groups is 7. The fraction of sp³-hybridized carbons (Fsp3) is 0.692. The number of carbonyl (C=O) groups excluding carboxylic acids is 7. The highest BCUT2D eigenvalue weighted by molar-refractivity contribution is 7.99. The number of hydrogen-bond donors (Lipinski definition) is 3. The first-order chi connectivity index (χ1) is 34.8. The number of amides is 6. The molecule has 3 saturated heterocycles. The van der Waals surface area contributed by atoms with Gasteiger partial charge in [-0.15, -0.1) is 23.1 Å². The van der Waals surface area contributed by atoms with Gasteiger partial charge in [0.1, 0.15) is 22.4 Å². The van der Waals surface area contributed by atoms with Crippen LogP contribution in [0.2, 0.25) is 0 Å². The minimum absolute atomic E-state index is 0.00362. The van der Waals surface area contributed by atoms with Crippen LogP contribution in [0.25, 0.3) is 0 Å². The van der Waals surface area contributed by atoms with Crippen LogP contribution in [0.4, 0.5) is 19.5 Å². The quantitative estimate of drug-likeness (QED) is 0.0298. The van der Waals surface area contributed by atoms with E-state index in [0.717, 1.165) is 59.6 Å². The molecule has 23 heteroatoms. The number of urea groups is 1. The number of thiazole rings is 1. The Morgan fingerprint density at radius 1 is 0.920 bits per heavy atom. The molecular formula is C52H77BN7O13S2+. The third-order valence-corrected chi connectivity index (χ3v) is 16.7. The van der Waals surface area contributed by atoms with Crippen molar-refractivity contribution in [2.75, 3.05) is 57.4 Å². The highest BCUT2D eigenvalue weighted by Gasteiger charge is 2.68. The van der Waals surface area contributed by atoms with Crippen LogP contribution in [0.5, 0.6) is 5.75 Å². The maximum Gasteiger partial charge on any atom is 0.514 e. The number of ether oxygens (including phenoxy) is 4. The zero-order valence-electron chi connectivity index (χ0n) is 46.1. The Morgan fingerprint density at radius 2 is 1.59 bits per heavy atom. The lowest BCUT2D eigenvalue weighted by Crippen LogP contribution is -2.65. The van der Waals surface area contributed by atoms with Gasteiger partial charge < -0.3 is 48.3 Å². The molecule has 6 aliphatic rings. The smallest absolute Gasteiger partial charge is 0.456 e. The van der Waals surface area contributed by atoms with Crippen molar-refractivity contribution in [1.29, 1.82) is 0 Å². The number of benzene rings is 1. The molecule has 6 fully saturated rings. The molecule has 1 aromatic carbocycles. The maximum absolute atomic E-state index is 15.3. The molecule has 0 radical (unpaired) electrons. The number of quaternary nitrogens is 1. The van der Waals surface area contributed by atoms with Crippen LogP contribution in [-0.2, 0) is 44.3 Å². The average Bonchev–Trinajstić information content (AvgIpc) is 4.03. The number of imide groups is 1. The molecule has 0 spiro atoms. The molecule has 20 nitrogen and oxygen atoms in total. The topological polar surface area (TPSA) is 230 Å². The second-order valence-electron chi connectivity index (χ2n) is 24.4. The fourth-order valence-electron chi connectivity index (χ4n) is 10.9. The molecule has 1 unspecified atom stereocenters. The van der Waals surface area contributed by atoms with E-state index in [1.165, 1.54) is 22.0 Å².